The Bertz CT molecular complexity index is 1030. The summed E-state index contributed by atoms with van der Waals surface area (Å²) in [6, 6.07) is 15.8. The summed E-state index contributed by atoms with van der Waals surface area (Å²) < 4.78 is 7.41. The van der Waals surface area contributed by atoms with Crippen LogP contribution < -0.4 is 4.74 Å². The Kier molecular flexibility index (Phi) is 7.30. The van der Waals surface area contributed by atoms with Crippen molar-refractivity contribution in [3.8, 4) is 17.1 Å². The topological polar surface area (TPSA) is 60.2 Å². The number of ether oxygens (including phenoxy) is 1. The number of benzene rings is 2. The molecular weight excluding hydrogens is 396 g/mol. The van der Waals surface area contributed by atoms with E-state index in [-0.39, 0.29) is 11.7 Å². The van der Waals surface area contributed by atoms with Crippen LogP contribution in [0.1, 0.15) is 11.1 Å². The van der Waals surface area contributed by atoms with E-state index in [4.69, 9.17) is 4.74 Å². The van der Waals surface area contributed by atoms with Crippen molar-refractivity contribution in [2.24, 2.45) is 0 Å². The summed E-state index contributed by atoms with van der Waals surface area (Å²) in [4.78, 5) is 14.4. The van der Waals surface area contributed by atoms with E-state index < -0.39 is 0 Å². The third kappa shape index (κ3) is 4.91. The molecule has 3 aromatic rings. The Morgan fingerprint density at radius 3 is 2.67 bits per heavy atom. The van der Waals surface area contributed by atoms with Crippen LogP contribution in [0.5, 0.6) is 5.75 Å². The molecule has 0 radical (unpaired) electrons. The van der Waals surface area contributed by atoms with Gasteiger partial charge in [0.15, 0.2) is 11.0 Å². The van der Waals surface area contributed by atoms with Gasteiger partial charge in [0.2, 0.25) is 5.91 Å². The zero-order valence-electron chi connectivity index (χ0n) is 17.5. The first-order valence-electron chi connectivity index (χ1n) is 9.64. The molecule has 7 heteroatoms. The van der Waals surface area contributed by atoms with Crippen LogP contribution in [0.15, 0.2) is 66.3 Å². The van der Waals surface area contributed by atoms with Crippen molar-refractivity contribution >= 4 is 17.7 Å². The van der Waals surface area contributed by atoms with Gasteiger partial charge in [0, 0.05) is 20.1 Å². The van der Waals surface area contributed by atoms with Gasteiger partial charge >= 0.3 is 0 Å². The van der Waals surface area contributed by atoms with Crippen molar-refractivity contribution < 1.29 is 9.53 Å². The lowest BCUT2D eigenvalue weighted by Gasteiger charge is -2.18. The van der Waals surface area contributed by atoms with Crippen molar-refractivity contribution in [2.75, 3.05) is 19.9 Å². The number of hydrogen-bond acceptors (Lipinski definition) is 5. The second-order valence-corrected chi connectivity index (χ2v) is 7.81. The minimum absolute atomic E-state index is 0.0373. The van der Waals surface area contributed by atoms with Crippen molar-refractivity contribution in [1.29, 1.82) is 0 Å². The van der Waals surface area contributed by atoms with E-state index in [1.807, 2.05) is 54.1 Å². The lowest BCUT2D eigenvalue weighted by molar-refractivity contribution is -0.127. The molecule has 3 rings (SSSR count). The lowest BCUT2D eigenvalue weighted by Crippen LogP contribution is -2.28. The summed E-state index contributed by atoms with van der Waals surface area (Å²) >= 11 is 1.38. The number of nitrogens with zero attached hydrogens (tertiary/aromatic N) is 4. The van der Waals surface area contributed by atoms with E-state index >= 15 is 0 Å². The minimum Gasteiger partial charge on any atom is -0.496 e. The molecule has 0 atom stereocenters. The third-order valence-electron chi connectivity index (χ3n) is 4.80. The fraction of sp³-hybridized carbons (Fsp3) is 0.261. The molecule has 1 amide bonds. The second kappa shape index (κ2) is 10.1. The van der Waals surface area contributed by atoms with Crippen LogP contribution in [0.3, 0.4) is 0 Å². The van der Waals surface area contributed by atoms with Gasteiger partial charge in [-0.25, -0.2) is 0 Å². The van der Waals surface area contributed by atoms with Gasteiger partial charge in [-0.05, 0) is 30.2 Å². The van der Waals surface area contributed by atoms with Crippen LogP contribution in [0.4, 0.5) is 0 Å². The highest BCUT2D eigenvalue weighted by molar-refractivity contribution is 7.99. The number of rotatable bonds is 9. The SMILES string of the molecule is C=CCn1c(SCC(=O)N(C)Cc2ccccc2C)nnc1-c1ccccc1OC. The van der Waals surface area contributed by atoms with Crippen molar-refractivity contribution in [3.05, 3.63) is 72.3 Å². The van der Waals surface area contributed by atoms with Crippen LogP contribution in [-0.4, -0.2) is 45.5 Å². The van der Waals surface area contributed by atoms with Gasteiger partial charge in [-0.3, -0.25) is 9.36 Å². The highest BCUT2D eigenvalue weighted by Gasteiger charge is 2.18. The van der Waals surface area contributed by atoms with Gasteiger partial charge in [0.05, 0.1) is 18.4 Å². The van der Waals surface area contributed by atoms with E-state index in [0.29, 0.717) is 24.1 Å². The molecular formula is C23H26N4O2S. The number of aryl methyl sites for hydroxylation is 1. The first-order valence-corrected chi connectivity index (χ1v) is 10.6. The maximum Gasteiger partial charge on any atom is 0.233 e. The van der Waals surface area contributed by atoms with Gasteiger partial charge in [-0.1, -0.05) is 54.2 Å². The quantitative estimate of drug-likeness (QED) is 0.382. The summed E-state index contributed by atoms with van der Waals surface area (Å²) in [6.45, 7) is 7.01. The number of allylic oxidation sites excluding steroid dienone is 1. The number of carbonyl (C=O) groups is 1. The Balaban J connectivity index is 1.73. The number of hydrogen-bond donors (Lipinski definition) is 0. The van der Waals surface area contributed by atoms with Crippen molar-refractivity contribution in [3.63, 3.8) is 0 Å². The first kappa shape index (κ1) is 21.6. The van der Waals surface area contributed by atoms with E-state index in [9.17, 15) is 4.79 Å². The number of aromatic nitrogens is 3. The fourth-order valence-electron chi connectivity index (χ4n) is 3.09. The molecule has 1 heterocycles. The van der Waals surface area contributed by atoms with Gasteiger partial charge < -0.3 is 9.64 Å². The van der Waals surface area contributed by atoms with Gasteiger partial charge in [0.25, 0.3) is 0 Å². The number of thioether (sulfide) groups is 1. The zero-order valence-corrected chi connectivity index (χ0v) is 18.4. The van der Waals surface area contributed by atoms with E-state index in [1.54, 1.807) is 18.1 Å². The fourth-order valence-corrected chi connectivity index (χ4v) is 3.97. The molecule has 0 bridgehead atoms. The summed E-state index contributed by atoms with van der Waals surface area (Å²) in [7, 11) is 3.45. The Hall–Kier alpha value is -3.06. The second-order valence-electron chi connectivity index (χ2n) is 6.87. The maximum absolute atomic E-state index is 12.7. The van der Waals surface area contributed by atoms with E-state index in [2.05, 4.69) is 29.8 Å². The summed E-state index contributed by atoms with van der Waals surface area (Å²) in [5.74, 6) is 1.73. The van der Waals surface area contributed by atoms with Crippen LogP contribution in [0, 0.1) is 6.92 Å². The largest absolute Gasteiger partial charge is 0.496 e. The minimum atomic E-state index is 0.0373. The van der Waals surface area contributed by atoms with Crippen LogP contribution in [0.2, 0.25) is 0 Å². The highest BCUT2D eigenvalue weighted by atomic mass is 32.2. The predicted molar refractivity (Wildman–Crippen MR) is 121 cm³/mol. The molecule has 0 aliphatic rings. The maximum atomic E-state index is 12.7. The lowest BCUT2D eigenvalue weighted by atomic mass is 10.1. The average molecular weight is 423 g/mol. The summed E-state index contributed by atoms with van der Waals surface area (Å²) in [5.41, 5.74) is 3.17. The number of para-hydroxylation sites is 1. The van der Waals surface area contributed by atoms with Gasteiger partial charge in [-0.2, -0.15) is 0 Å². The molecule has 0 fully saturated rings. The highest BCUT2D eigenvalue weighted by Crippen LogP contribution is 2.31. The Morgan fingerprint density at radius 2 is 1.93 bits per heavy atom. The molecule has 0 saturated carbocycles. The third-order valence-corrected chi connectivity index (χ3v) is 5.75. The number of carbonyl (C=O) groups excluding carboxylic acids is 1. The zero-order chi connectivity index (χ0) is 21.5. The smallest absolute Gasteiger partial charge is 0.233 e. The molecule has 1 aromatic heterocycles. The van der Waals surface area contributed by atoms with Crippen LogP contribution >= 0.6 is 11.8 Å². The molecule has 2 aromatic carbocycles. The predicted octanol–water partition coefficient (Wildman–Crippen LogP) is 4.20. The van der Waals surface area contributed by atoms with Crippen LogP contribution in [-0.2, 0) is 17.9 Å². The first-order chi connectivity index (χ1) is 14.5. The standard InChI is InChI=1S/C23H26N4O2S/c1-5-14-27-22(19-12-8-9-13-20(19)29-4)24-25-23(27)30-16-21(28)26(3)15-18-11-7-6-10-17(18)2/h5-13H,1,14-16H2,2-4H3. The molecule has 0 N–H and O–H groups in total. The molecule has 156 valence electrons. The average Bonchev–Trinajstić information content (AvgIpc) is 3.16. The van der Waals surface area contributed by atoms with E-state index in [1.165, 1.54) is 17.3 Å². The number of methoxy groups -OCH3 is 1. The normalized spacial score (nSPS) is 10.6. The summed E-state index contributed by atoms with van der Waals surface area (Å²) in [6.07, 6.45) is 1.79. The molecule has 0 saturated heterocycles. The molecule has 0 spiro atoms. The molecule has 0 aliphatic carbocycles. The molecule has 30 heavy (non-hydrogen) atoms. The molecule has 0 unspecified atom stereocenters. The Labute approximate surface area is 181 Å². The van der Waals surface area contributed by atoms with Gasteiger partial charge in [-0.15, -0.1) is 16.8 Å². The van der Waals surface area contributed by atoms with E-state index in [0.717, 1.165) is 16.9 Å². The van der Waals surface area contributed by atoms with Crippen LogP contribution in [0.25, 0.3) is 11.4 Å². The van der Waals surface area contributed by atoms with Crippen molar-refractivity contribution in [1.82, 2.24) is 19.7 Å². The summed E-state index contributed by atoms with van der Waals surface area (Å²) in [5, 5.41) is 9.35. The number of amides is 1. The Morgan fingerprint density at radius 1 is 1.20 bits per heavy atom. The van der Waals surface area contributed by atoms with Crippen molar-refractivity contribution in [2.45, 2.75) is 25.2 Å². The van der Waals surface area contributed by atoms with Gasteiger partial charge in [0.1, 0.15) is 5.75 Å². The molecule has 0 aliphatic heterocycles. The monoisotopic (exact) mass is 422 g/mol. The molecule has 6 nitrogen and oxygen atoms in total.